The van der Waals surface area contributed by atoms with Crippen LogP contribution in [0.2, 0.25) is 0 Å². The molecule has 17 heavy (non-hydrogen) atoms. The number of rotatable bonds is 3. The predicted molar refractivity (Wildman–Crippen MR) is 64.8 cm³/mol. The van der Waals surface area contributed by atoms with Gasteiger partial charge in [0, 0.05) is 30.1 Å². The highest BCUT2D eigenvalue weighted by Gasteiger charge is 2.19. The molecule has 2 aromatic heterocycles. The molecule has 2 aromatic rings. The maximum atomic E-state index is 4.24. The fraction of sp³-hybridized carbons (Fsp3) is 0.333. The number of aromatic amines is 1. The van der Waals surface area contributed by atoms with Crippen LogP contribution in [-0.4, -0.2) is 20.2 Å². The quantitative estimate of drug-likeness (QED) is 0.846. The second kappa shape index (κ2) is 4.53. The minimum Gasteiger partial charge on any atom is -0.322 e. The van der Waals surface area contributed by atoms with Crippen LogP contribution in [0, 0.1) is 6.42 Å². The number of aromatic nitrogens is 4. The van der Waals surface area contributed by atoms with Gasteiger partial charge in [-0.3, -0.25) is 10.1 Å². The van der Waals surface area contributed by atoms with Crippen molar-refractivity contribution in [1.82, 2.24) is 20.2 Å². The van der Waals surface area contributed by atoms with Crippen molar-refractivity contribution in [3.8, 4) is 0 Å². The monoisotopic (exact) mass is 228 g/mol. The van der Waals surface area contributed by atoms with Crippen molar-refractivity contribution in [2.24, 2.45) is 0 Å². The van der Waals surface area contributed by atoms with Gasteiger partial charge in [-0.25, -0.2) is 4.98 Å². The van der Waals surface area contributed by atoms with Gasteiger partial charge >= 0.3 is 0 Å². The first-order valence-corrected chi connectivity index (χ1v) is 5.82. The molecule has 1 saturated carbocycles. The molecule has 2 heterocycles. The molecule has 0 spiro atoms. The van der Waals surface area contributed by atoms with Crippen LogP contribution in [-0.2, 0) is 0 Å². The van der Waals surface area contributed by atoms with Crippen LogP contribution in [0.25, 0.3) is 0 Å². The normalized spacial score (nSPS) is 16.2. The summed E-state index contributed by atoms with van der Waals surface area (Å²) in [5.74, 6) is 2.11. The number of anilines is 2. The third-order valence-corrected chi connectivity index (χ3v) is 3.03. The highest BCUT2D eigenvalue weighted by atomic mass is 15.2. The minimum absolute atomic E-state index is 0.597. The van der Waals surface area contributed by atoms with Gasteiger partial charge in [-0.2, -0.15) is 5.10 Å². The van der Waals surface area contributed by atoms with Gasteiger partial charge in [-0.15, -0.1) is 0 Å². The van der Waals surface area contributed by atoms with Crippen LogP contribution in [0.4, 0.5) is 11.6 Å². The molecule has 0 amide bonds. The molecule has 1 radical (unpaired) electrons. The lowest BCUT2D eigenvalue weighted by Gasteiger charge is -2.03. The molecule has 1 fully saturated rings. The lowest BCUT2D eigenvalue weighted by molar-refractivity contribution is 0.699. The van der Waals surface area contributed by atoms with E-state index in [2.05, 4.69) is 38.0 Å². The Bertz CT molecular complexity index is 473. The van der Waals surface area contributed by atoms with E-state index in [9.17, 15) is 0 Å². The van der Waals surface area contributed by atoms with E-state index in [0.29, 0.717) is 11.7 Å². The van der Waals surface area contributed by atoms with Crippen molar-refractivity contribution in [2.75, 3.05) is 5.32 Å². The van der Waals surface area contributed by atoms with Crippen molar-refractivity contribution in [2.45, 2.75) is 25.2 Å². The number of hydrogen-bond donors (Lipinski definition) is 2. The second-order valence-electron chi connectivity index (χ2n) is 4.22. The molecular formula is C12H14N5. The lowest BCUT2D eigenvalue weighted by atomic mass is 10.0. The molecule has 5 heteroatoms. The zero-order chi connectivity index (χ0) is 11.5. The van der Waals surface area contributed by atoms with Gasteiger partial charge < -0.3 is 5.32 Å². The standard InChI is InChI=1S/C12H14N5/c1-2-4-9(3-1)10-7-11(17-16-10)15-12-8-13-5-6-14-12/h1,5-9H,2-4H2,(H2,14,15,16,17)/t9-/m1/s1. The van der Waals surface area contributed by atoms with Crippen LogP contribution in [0.1, 0.15) is 30.9 Å². The Kier molecular flexibility index (Phi) is 2.73. The van der Waals surface area contributed by atoms with Crippen LogP contribution >= 0.6 is 0 Å². The Morgan fingerprint density at radius 1 is 1.29 bits per heavy atom. The fourth-order valence-electron chi connectivity index (χ4n) is 2.14. The molecule has 2 N–H and O–H groups in total. The van der Waals surface area contributed by atoms with Gasteiger partial charge in [-0.05, 0) is 25.7 Å². The maximum absolute atomic E-state index is 4.24. The van der Waals surface area contributed by atoms with Crippen molar-refractivity contribution >= 4 is 11.6 Å². The number of hydrogen-bond acceptors (Lipinski definition) is 4. The van der Waals surface area contributed by atoms with Crippen molar-refractivity contribution in [3.63, 3.8) is 0 Å². The molecule has 0 saturated heterocycles. The molecule has 0 bridgehead atoms. The molecule has 0 aromatic carbocycles. The molecule has 1 atom stereocenters. The summed E-state index contributed by atoms with van der Waals surface area (Å²) in [6.07, 6.45) is 10.9. The van der Waals surface area contributed by atoms with E-state index in [4.69, 9.17) is 0 Å². The maximum Gasteiger partial charge on any atom is 0.153 e. The highest BCUT2D eigenvalue weighted by Crippen LogP contribution is 2.33. The summed E-state index contributed by atoms with van der Waals surface area (Å²) in [6, 6.07) is 2.05. The predicted octanol–water partition coefficient (Wildman–Crippen LogP) is 2.42. The zero-order valence-corrected chi connectivity index (χ0v) is 9.43. The Morgan fingerprint density at radius 2 is 2.29 bits per heavy atom. The van der Waals surface area contributed by atoms with Gasteiger partial charge in [-0.1, -0.05) is 0 Å². The number of nitrogens with one attached hydrogen (secondary N) is 2. The average Bonchev–Trinajstić information content (AvgIpc) is 3.00. The van der Waals surface area contributed by atoms with Gasteiger partial charge in [0.15, 0.2) is 5.82 Å². The van der Waals surface area contributed by atoms with E-state index in [-0.39, 0.29) is 0 Å². The first-order chi connectivity index (χ1) is 8.42. The molecule has 0 unspecified atom stereocenters. The van der Waals surface area contributed by atoms with E-state index >= 15 is 0 Å². The summed E-state index contributed by atoms with van der Waals surface area (Å²) >= 11 is 0. The van der Waals surface area contributed by atoms with E-state index in [0.717, 1.165) is 12.2 Å². The van der Waals surface area contributed by atoms with Crippen LogP contribution in [0.3, 0.4) is 0 Å². The van der Waals surface area contributed by atoms with E-state index in [1.165, 1.54) is 18.5 Å². The Labute approximate surface area is 99.7 Å². The summed E-state index contributed by atoms with van der Waals surface area (Å²) in [5.41, 5.74) is 1.20. The number of nitrogens with zero attached hydrogens (tertiary/aromatic N) is 3. The SMILES string of the molecule is [CH]1CC[C@H](c2cc(Nc3cnccn3)n[nH]2)C1. The van der Waals surface area contributed by atoms with Crippen LogP contribution in [0.5, 0.6) is 0 Å². The molecule has 0 aliphatic heterocycles. The Hall–Kier alpha value is -1.91. The molecule has 1 aliphatic carbocycles. The first kappa shape index (κ1) is 10.3. The summed E-state index contributed by atoms with van der Waals surface area (Å²) < 4.78 is 0. The van der Waals surface area contributed by atoms with Gasteiger partial charge in [0.1, 0.15) is 5.82 Å². The van der Waals surface area contributed by atoms with Crippen LogP contribution < -0.4 is 5.32 Å². The molecule has 87 valence electrons. The second-order valence-corrected chi connectivity index (χ2v) is 4.22. The Balaban J connectivity index is 1.72. The first-order valence-electron chi connectivity index (χ1n) is 5.82. The lowest BCUT2D eigenvalue weighted by Crippen LogP contribution is -1.93. The van der Waals surface area contributed by atoms with Crippen molar-refractivity contribution in [3.05, 3.63) is 36.8 Å². The topological polar surface area (TPSA) is 66.5 Å². The summed E-state index contributed by atoms with van der Waals surface area (Å²) in [6.45, 7) is 0. The molecular weight excluding hydrogens is 214 g/mol. The fourth-order valence-corrected chi connectivity index (χ4v) is 2.14. The average molecular weight is 228 g/mol. The van der Waals surface area contributed by atoms with Crippen molar-refractivity contribution < 1.29 is 0 Å². The minimum atomic E-state index is 0.597. The molecule has 3 rings (SSSR count). The highest BCUT2D eigenvalue weighted by molar-refractivity contribution is 5.50. The summed E-state index contributed by atoms with van der Waals surface area (Å²) in [4.78, 5) is 8.14. The van der Waals surface area contributed by atoms with Gasteiger partial charge in [0.05, 0.1) is 6.20 Å². The summed E-state index contributed by atoms with van der Waals surface area (Å²) in [7, 11) is 0. The third kappa shape index (κ3) is 2.27. The molecule has 1 aliphatic rings. The van der Waals surface area contributed by atoms with E-state index < -0.39 is 0 Å². The van der Waals surface area contributed by atoms with Crippen LogP contribution in [0.15, 0.2) is 24.7 Å². The van der Waals surface area contributed by atoms with Crippen molar-refractivity contribution in [1.29, 1.82) is 0 Å². The van der Waals surface area contributed by atoms with E-state index in [1.807, 2.05) is 0 Å². The van der Waals surface area contributed by atoms with Gasteiger partial charge in [0.2, 0.25) is 0 Å². The largest absolute Gasteiger partial charge is 0.322 e. The number of H-pyrrole nitrogens is 1. The Morgan fingerprint density at radius 3 is 3.06 bits per heavy atom. The smallest absolute Gasteiger partial charge is 0.153 e. The third-order valence-electron chi connectivity index (χ3n) is 3.03. The molecule has 5 nitrogen and oxygen atoms in total. The zero-order valence-electron chi connectivity index (χ0n) is 9.43. The van der Waals surface area contributed by atoms with Gasteiger partial charge in [0.25, 0.3) is 0 Å². The van der Waals surface area contributed by atoms with E-state index in [1.54, 1.807) is 18.6 Å². The summed E-state index contributed by atoms with van der Waals surface area (Å²) in [5, 5.41) is 10.4.